The normalized spacial score (nSPS) is 10.4. The third-order valence-corrected chi connectivity index (χ3v) is 2.38. The minimum atomic E-state index is -2.86. The first-order chi connectivity index (χ1) is 9.54. The van der Waals surface area contributed by atoms with Gasteiger partial charge in [0.2, 0.25) is 5.78 Å². The predicted molar refractivity (Wildman–Crippen MR) is 73.8 cm³/mol. The molecule has 0 amide bonds. The molecule has 1 N–H and O–H groups in total. The zero-order valence-corrected chi connectivity index (χ0v) is 14.1. The van der Waals surface area contributed by atoms with Gasteiger partial charge in [-0.05, 0) is 11.1 Å². The van der Waals surface area contributed by atoms with Crippen LogP contribution in [0.25, 0.3) is 11.1 Å². The molecule has 0 saturated heterocycles. The van der Waals surface area contributed by atoms with Crippen molar-refractivity contribution >= 4 is 23.4 Å². The van der Waals surface area contributed by atoms with Crippen molar-refractivity contribution in [2.75, 3.05) is 0 Å². The molecular formula is C14H11NaO5S. The third-order valence-electron chi connectivity index (χ3n) is 2.38. The summed E-state index contributed by atoms with van der Waals surface area (Å²) in [6.07, 6.45) is 0.331. The number of benzene rings is 2. The van der Waals surface area contributed by atoms with Gasteiger partial charge in [0, 0.05) is 5.56 Å². The summed E-state index contributed by atoms with van der Waals surface area (Å²) < 4.78 is 24.1. The van der Waals surface area contributed by atoms with Crippen molar-refractivity contribution in [1.29, 1.82) is 0 Å². The van der Waals surface area contributed by atoms with Crippen LogP contribution in [0.5, 0.6) is 0 Å². The van der Waals surface area contributed by atoms with Gasteiger partial charge in [0.25, 0.3) is 0 Å². The minimum absolute atomic E-state index is 0. The van der Waals surface area contributed by atoms with E-state index in [1.54, 1.807) is 12.1 Å². The molecule has 2 aromatic rings. The Morgan fingerprint density at radius 2 is 1.43 bits per heavy atom. The average molecular weight is 314 g/mol. The molecular weight excluding hydrogens is 303 g/mol. The van der Waals surface area contributed by atoms with Crippen LogP contribution in [0, 0.1) is 0 Å². The van der Waals surface area contributed by atoms with Crippen molar-refractivity contribution in [1.82, 2.24) is 0 Å². The van der Waals surface area contributed by atoms with Gasteiger partial charge in [0.15, 0.2) is 6.29 Å². The molecule has 7 heteroatoms. The average Bonchev–Trinajstić information content (AvgIpc) is 2.47. The number of carbonyl (C=O) groups is 2. The Morgan fingerprint density at radius 3 is 1.86 bits per heavy atom. The van der Waals surface area contributed by atoms with Crippen molar-refractivity contribution in [3.05, 3.63) is 60.2 Å². The van der Waals surface area contributed by atoms with Gasteiger partial charge < -0.3 is 9.11 Å². The van der Waals surface area contributed by atoms with Crippen LogP contribution in [0.15, 0.2) is 54.6 Å². The van der Waals surface area contributed by atoms with E-state index in [2.05, 4.69) is 0 Å². The Bertz CT molecular complexity index is 595. The van der Waals surface area contributed by atoms with Crippen LogP contribution in [-0.2, 0) is 16.2 Å². The number of Topliss-reactive ketones (excluding diaryl/α,β-unsaturated/α-hetero) is 1. The van der Waals surface area contributed by atoms with E-state index < -0.39 is 17.1 Å². The van der Waals surface area contributed by atoms with E-state index in [1.165, 1.54) is 0 Å². The zero-order chi connectivity index (χ0) is 15.0. The van der Waals surface area contributed by atoms with Crippen LogP contribution in [0.1, 0.15) is 10.4 Å². The van der Waals surface area contributed by atoms with E-state index in [9.17, 15) is 9.59 Å². The monoisotopic (exact) mass is 314 g/mol. The molecule has 2 aromatic carbocycles. The van der Waals surface area contributed by atoms with Crippen LogP contribution in [0.2, 0.25) is 0 Å². The molecule has 5 nitrogen and oxygen atoms in total. The smallest absolute Gasteiger partial charge is 0.750 e. The standard InChI is InChI=1S/C14H10O2.Na.H2O3S/c15-10-14(16)13-8-6-12(7-9-13)11-4-2-1-3-5-11;;1-4(2)3/h1-10H;;(H2,1,2,3)/q;+1;/p-1. The summed E-state index contributed by atoms with van der Waals surface area (Å²) in [5.74, 6) is -0.486. The Morgan fingerprint density at radius 1 is 1.00 bits per heavy atom. The summed E-state index contributed by atoms with van der Waals surface area (Å²) >= 11 is -2.86. The number of hydrogen-bond acceptors (Lipinski definition) is 4. The van der Waals surface area contributed by atoms with Crippen molar-refractivity contribution in [2.45, 2.75) is 0 Å². The molecule has 0 aliphatic heterocycles. The number of carbonyl (C=O) groups excluding carboxylic acids is 2. The fourth-order valence-corrected chi connectivity index (χ4v) is 1.53. The molecule has 21 heavy (non-hydrogen) atoms. The molecule has 104 valence electrons. The number of aldehydes is 1. The van der Waals surface area contributed by atoms with Gasteiger partial charge >= 0.3 is 29.6 Å². The summed E-state index contributed by atoms with van der Waals surface area (Å²) in [5.41, 5.74) is 2.55. The second kappa shape index (κ2) is 10.6. The summed E-state index contributed by atoms with van der Waals surface area (Å²) in [6, 6.07) is 16.9. The zero-order valence-electron chi connectivity index (χ0n) is 11.3. The molecule has 0 aliphatic rings. The second-order valence-electron chi connectivity index (χ2n) is 3.64. The van der Waals surface area contributed by atoms with Crippen molar-refractivity contribution in [2.24, 2.45) is 0 Å². The van der Waals surface area contributed by atoms with Gasteiger partial charge in [0.1, 0.15) is 0 Å². The van der Waals surface area contributed by atoms with Crippen LogP contribution in [-0.4, -0.2) is 25.4 Å². The SMILES string of the molecule is O=CC(=O)c1ccc(-c2ccccc2)cc1.O=S([O-])O.[Na+]. The Hall–Kier alpha value is -1.15. The van der Waals surface area contributed by atoms with E-state index in [4.69, 9.17) is 13.3 Å². The maximum absolute atomic E-state index is 11.1. The molecule has 0 heterocycles. The van der Waals surface area contributed by atoms with E-state index >= 15 is 0 Å². The molecule has 1 unspecified atom stereocenters. The molecule has 0 aliphatic carbocycles. The summed E-state index contributed by atoms with van der Waals surface area (Å²) in [7, 11) is 0. The third kappa shape index (κ3) is 7.42. The van der Waals surface area contributed by atoms with Gasteiger partial charge in [-0.3, -0.25) is 9.59 Å². The molecule has 0 radical (unpaired) electrons. The van der Waals surface area contributed by atoms with E-state index in [1.807, 2.05) is 42.5 Å². The number of rotatable bonds is 3. The van der Waals surface area contributed by atoms with Gasteiger partial charge in [0.05, 0.1) is 11.4 Å². The van der Waals surface area contributed by atoms with Gasteiger partial charge in [-0.15, -0.1) is 0 Å². The first-order valence-corrected chi connectivity index (χ1v) is 6.51. The second-order valence-corrected chi connectivity index (χ2v) is 4.08. The van der Waals surface area contributed by atoms with E-state index in [0.717, 1.165) is 11.1 Å². The first kappa shape index (κ1) is 19.9. The Labute approximate surface area is 146 Å². The van der Waals surface area contributed by atoms with Crippen molar-refractivity contribution in [3.8, 4) is 11.1 Å². The largest absolute Gasteiger partial charge is 1.00 e. The first-order valence-electron chi connectivity index (χ1n) is 5.48. The predicted octanol–water partition coefficient (Wildman–Crippen LogP) is -0.922. The molecule has 0 aromatic heterocycles. The Kier molecular flexibility index (Phi) is 9.98. The summed E-state index contributed by atoms with van der Waals surface area (Å²) in [6.45, 7) is 0. The summed E-state index contributed by atoms with van der Waals surface area (Å²) in [4.78, 5) is 21.4. The maximum Gasteiger partial charge on any atom is 1.00 e. The minimum Gasteiger partial charge on any atom is -0.750 e. The number of hydrogen-bond donors (Lipinski definition) is 1. The van der Waals surface area contributed by atoms with E-state index in [0.29, 0.717) is 11.8 Å². The van der Waals surface area contributed by atoms with Crippen LogP contribution in [0.3, 0.4) is 0 Å². The molecule has 0 spiro atoms. The Balaban J connectivity index is 0.000000715. The van der Waals surface area contributed by atoms with Crippen LogP contribution >= 0.6 is 0 Å². The van der Waals surface area contributed by atoms with Gasteiger partial charge in [-0.1, -0.05) is 54.6 Å². The molecule has 1 atom stereocenters. The van der Waals surface area contributed by atoms with Gasteiger partial charge in [-0.2, -0.15) is 0 Å². The fraction of sp³-hybridized carbons (Fsp3) is 0. The quantitative estimate of drug-likeness (QED) is 0.260. The molecule has 2 rings (SSSR count). The molecule has 0 saturated carbocycles. The van der Waals surface area contributed by atoms with Crippen molar-refractivity contribution in [3.63, 3.8) is 0 Å². The van der Waals surface area contributed by atoms with Crippen molar-refractivity contribution < 1.29 is 52.5 Å². The van der Waals surface area contributed by atoms with Crippen LogP contribution < -0.4 is 29.6 Å². The van der Waals surface area contributed by atoms with Gasteiger partial charge in [-0.25, -0.2) is 4.21 Å². The summed E-state index contributed by atoms with van der Waals surface area (Å²) in [5, 5.41) is 0. The maximum atomic E-state index is 11.1. The fourth-order valence-electron chi connectivity index (χ4n) is 1.53. The van der Waals surface area contributed by atoms with Crippen LogP contribution in [0.4, 0.5) is 0 Å². The molecule has 0 bridgehead atoms. The van der Waals surface area contributed by atoms with E-state index in [-0.39, 0.29) is 29.6 Å². The molecule has 0 fully saturated rings. The number of ketones is 1. The topological polar surface area (TPSA) is 94.5 Å².